The van der Waals surface area contributed by atoms with E-state index in [1.165, 1.54) is 14.7 Å². The zero-order valence-electron chi connectivity index (χ0n) is 10.2. The number of hydrogen-bond acceptors (Lipinski definition) is 1. The Hall–Kier alpha value is -0.580. The Morgan fingerprint density at radius 2 is 1.67 bits per heavy atom. The molecule has 2 aromatic rings. The molecule has 0 fully saturated rings. The van der Waals surface area contributed by atoms with Gasteiger partial charge >= 0.3 is 0 Å². The Balaban J connectivity index is 2.14. The molecule has 1 nitrogen and oxygen atoms in total. The van der Waals surface area contributed by atoms with E-state index < -0.39 is 0 Å². The van der Waals surface area contributed by atoms with Gasteiger partial charge in [-0.2, -0.15) is 0 Å². The van der Waals surface area contributed by atoms with Gasteiger partial charge in [0.15, 0.2) is 0 Å². The van der Waals surface area contributed by atoms with Crippen molar-refractivity contribution in [2.75, 3.05) is 7.05 Å². The zero-order chi connectivity index (χ0) is 13.0. The number of likely N-dealkylation sites (N-methyl/N-ethyl adjacent to an activating group) is 1. The second kappa shape index (κ2) is 6.55. The predicted molar refractivity (Wildman–Crippen MR) is 86.1 cm³/mol. The van der Waals surface area contributed by atoms with Gasteiger partial charge in [0, 0.05) is 14.6 Å². The first-order chi connectivity index (χ1) is 8.69. The Morgan fingerprint density at radius 1 is 1.06 bits per heavy atom. The summed E-state index contributed by atoms with van der Waals surface area (Å²) in [5.41, 5.74) is 2.60. The summed E-state index contributed by atoms with van der Waals surface area (Å²) in [5.74, 6) is 0. The van der Waals surface area contributed by atoms with E-state index >= 15 is 0 Å². The Labute approximate surface area is 127 Å². The molecule has 1 unspecified atom stereocenters. The first kappa shape index (κ1) is 13.8. The van der Waals surface area contributed by atoms with Crippen molar-refractivity contribution >= 4 is 34.2 Å². The second-order valence-electron chi connectivity index (χ2n) is 4.22. The lowest BCUT2D eigenvalue weighted by molar-refractivity contribution is 0.592. The fraction of sp³-hybridized carbons (Fsp3) is 0.200. The average Bonchev–Trinajstić information content (AvgIpc) is 2.39. The van der Waals surface area contributed by atoms with Crippen LogP contribution in [0.25, 0.3) is 0 Å². The highest BCUT2D eigenvalue weighted by molar-refractivity contribution is 14.1. The van der Waals surface area contributed by atoms with Crippen LogP contribution in [0.3, 0.4) is 0 Å². The van der Waals surface area contributed by atoms with Crippen LogP contribution in [0, 0.1) is 3.57 Å². The van der Waals surface area contributed by atoms with Crippen molar-refractivity contribution in [1.82, 2.24) is 5.32 Å². The fourth-order valence-corrected chi connectivity index (χ4v) is 2.42. The minimum absolute atomic E-state index is 0.336. The molecule has 3 heteroatoms. The van der Waals surface area contributed by atoms with E-state index in [2.05, 4.69) is 64.3 Å². The van der Waals surface area contributed by atoms with Crippen molar-refractivity contribution in [1.29, 1.82) is 0 Å². The maximum atomic E-state index is 5.90. The van der Waals surface area contributed by atoms with Crippen LogP contribution in [0.2, 0.25) is 5.02 Å². The Kier molecular flexibility index (Phi) is 5.03. The summed E-state index contributed by atoms with van der Waals surface area (Å²) < 4.78 is 1.26. The highest BCUT2D eigenvalue weighted by Crippen LogP contribution is 2.20. The van der Waals surface area contributed by atoms with E-state index in [-0.39, 0.29) is 0 Å². The Bertz CT molecular complexity index is 493. The summed E-state index contributed by atoms with van der Waals surface area (Å²) in [5, 5.41) is 4.15. The van der Waals surface area contributed by atoms with Gasteiger partial charge in [-0.25, -0.2) is 0 Å². The molecule has 1 atom stereocenters. The van der Waals surface area contributed by atoms with Gasteiger partial charge < -0.3 is 5.32 Å². The molecule has 0 saturated heterocycles. The van der Waals surface area contributed by atoms with E-state index in [0.29, 0.717) is 6.04 Å². The van der Waals surface area contributed by atoms with Crippen molar-refractivity contribution in [2.24, 2.45) is 0 Å². The molecule has 1 N–H and O–H groups in total. The minimum Gasteiger partial charge on any atom is -0.313 e. The van der Waals surface area contributed by atoms with Gasteiger partial charge in [-0.15, -0.1) is 0 Å². The standard InChI is InChI=1S/C15H15ClIN/c1-18-15(12-4-8-14(17)9-5-12)10-11-2-6-13(16)7-3-11/h2-9,15,18H,10H2,1H3. The predicted octanol–water partition coefficient (Wildman–Crippen LogP) is 4.45. The van der Waals surface area contributed by atoms with Crippen molar-refractivity contribution in [3.63, 3.8) is 0 Å². The second-order valence-corrected chi connectivity index (χ2v) is 5.91. The van der Waals surface area contributed by atoms with E-state index in [0.717, 1.165) is 11.4 Å². The highest BCUT2D eigenvalue weighted by Gasteiger charge is 2.09. The molecule has 0 aromatic heterocycles. The van der Waals surface area contributed by atoms with Gasteiger partial charge in [0.2, 0.25) is 0 Å². The molecule has 0 amide bonds. The largest absolute Gasteiger partial charge is 0.313 e. The molecule has 0 saturated carbocycles. The lowest BCUT2D eigenvalue weighted by atomic mass is 9.99. The third kappa shape index (κ3) is 3.70. The molecule has 0 aliphatic rings. The van der Waals surface area contributed by atoms with Crippen molar-refractivity contribution in [3.8, 4) is 0 Å². The quantitative estimate of drug-likeness (QED) is 0.783. The summed E-state index contributed by atoms with van der Waals surface area (Å²) in [6, 6.07) is 17.0. The zero-order valence-corrected chi connectivity index (χ0v) is 13.1. The third-order valence-corrected chi connectivity index (χ3v) is 3.95. The molecule has 0 spiro atoms. The van der Waals surface area contributed by atoms with Gasteiger partial charge in [0.1, 0.15) is 0 Å². The summed E-state index contributed by atoms with van der Waals surface area (Å²) in [7, 11) is 2.00. The average molecular weight is 372 g/mol. The summed E-state index contributed by atoms with van der Waals surface area (Å²) in [6.45, 7) is 0. The topological polar surface area (TPSA) is 12.0 Å². The lowest BCUT2D eigenvalue weighted by Gasteiger charge is -2.17. The molecule has 0 radical (unpaired) electrons. The maximum Gasteiger partial charge on any atom is 0.0406 e. The SMILES string of the molecule is CNC(Cc1ccc(Cl)cc1)c1ccc(I)cc1. The van der Waals surface area contributed by atoms with Crippen LogP contribution in [-0.2, 0) is 6.42 Å². The fourth-order valence-electron chi connectivity index (χ4n) is 1.94. The van der Waals surface area contributed by atoms with Crippen LogP contribution in [0.1, 0.15) is 17.2 Å². The first-order valence-electron chi connectivity index (χ1n) is 5.86. The third-order valence-electron chi connectivity index (χ3n) is 2.97. The summed E-state index contributed by atoms with van der Waals surface area (Å²) in [6.07, 6.45) is 0.967. The van der Waals surface area contributed by atoms with Crippen LogP contribution in [0.15, 0.2) is 48.5 Å². The van der Waals surface area contributed by atoms with Gasteiger partial charge in [-0.3, -0.25) is 0 Å². The molecule has 2 aromatic carbocycles. The Morgan fingerprint density at radius 3 is 2.22 bits per heavy atom. The number of nitrogens with one attached hydrogen (secondary N) is 1. The number of halogens is 2. The molecular weight excluding hydrogens is 357 g/mol. The van der Waals surface area contributed by atoms with Gasteiger partial charge in [0.25, 0.3) is 0 Å². The molecule has 94 valence electrons. The van der Waals surface area contributed by atoms with Crippen molar-refractivity contribution < 1.29 is 0 Å². The van der Waals surface area contributed by atoms with Crippen molar-refractivity contribution in [3.05, 3.63) is 68.3 Å². The number of rotatable bonds is 4. The van der Waals surface area contributed by atoms with E-state index in [9.17, 15) is 0 Å². The van der Waals surface area contributed by atoms with Gasteiger partial charge in [0.05, 0.1) is 0 Å². The summed E-state index contributed by atoms with van der Waals surface area (Å²) >= 11 is 8.22. The van der Waals surface area contributed by atoms with Crippen molar-refractivity contribution in [2.45, 2.75) is 12.5 Å². The molecule has 0 bridgehead atoms. The summed E-state index contributed by atoms with van der Waals surface area (Å²) in [4.78, 5) is 0. The lowest BCUT2D eigenvalue weighted by Crippen LogP contribution is -2.18. The highest BCUT2D eigenvalue weighted by atomic mass is 127. The molecule has 0 heterocycles. The van der Waals surface area contributed by atoms with E-state index in [1.54, 1.807) is 0 Å². The van der Waals surface area contributed by atoms with Gasteiger partial charge in [-0.1, -0.05) is 35.9 Å². The van der Waals surface area contributed by atoms with Crippen LogP contribution < -0.4 is 5.32 Å². The molecule has 2 rings (SSSR count). The smallest absolute Gasteiger partial charge is 0.0406 e. The van der Waals surface area contributed by atoms with Gasteiger partial charge in [-0.05, 0) is 71.5 Å². The minimum atomic E-state index is 0.336. The number of hydrogen-bond donors (Lipinski definition) is 1. The molecular formula is C15H15ClIN. The van der Waals surface area contributed by atoms with Crippen LogP contribution in [0.5, 0.6) is 0 Å². The maximum absolute atomic E-state index is 5.90. The number of benzene rings is 2. The van der Waals surface area contributed by atoms with E-state index in [4.69, 9.17) is 11.6 Å². The molecule has 0 aliphatic heterocycles. The van der Waals surface area contributed by atoms with Crippen LogP contribution in [-0.4, -0.2) is 7.05 Å². The monoisotopic (exact) mass is 371 g/mol. The van der Waals surface area contributed by atoms with Crippen LogP contribution >= 0.6 is 34.2 Å². The molecule has 18 heavy (non-hydrogen) atoms. The molecule has 0 aliphatic carbocycles. The van der Waals surface area contributed by atoms with Crippen LogP contribution in [0.4, 0.5) is 0 Å². The first-order valence-corrected chi connectivity index (χ1v) is 7.32. The normalized spacial score (nSPS) is 12.4. The van der Waals surface area contributed by atoms with E-state index in [1.807, 2.05) is 19.2 Å².